The van der Waals surface area contributed by atoms with Gasteiger partial charge < -0.3 is 9.71 Å². The molecule has 0 aliphatic carbocycles. The van der Waals surface area contributed by atoms with Gasteiger partial charge in [0.2, 0.25) is 0 Å². The first-order valence-electron chi connectivity index (χ1n) is 17.0. The number of nitrogens with zero attached hydrogens (tertiary/aromatic N) is 2. The van der Waals surface area contributed by atoms with E-state index in [1.807, 2.05) is 0 Å². The van der Waals surface area contributed by atoms with Crippen molar-refractivity contribution in [2.24, 2.45) is 0 Å². The molecule has 0 saturated carbocycles. The molecular weight excluding hydrogens is 591 g/mol. The van der Waals surface area contributed by atoms with Crippen molar-refractivity contribution in [2.75, 3.05) is 9.71 Å². The van der Waals surface area contributed by atoms with Crippen LogP contribution in [0, 0.1) is 0 Å². The Balaban J connectivity index is 1.21. The highest BCUT2D eigenvalue weighted by Gasteiger charge is 2.42. The van der Waals surface area contributed by atoms with Crippen LogP contribution in [0.15, 0.2) is 188 Å². The minimum absolute atomic E-state index is 0.0733. The number of benzene rings is 8. The van der Waals surface area contributed by atoms with Gasteiger partial charge in [-0.25, -0.2) is 0 Å². The minimum atomic E-state index is 0.0733. The van der Waals surface area contributed by atoms with Crippen molar-refractivity contribution in [3.63, 3.8) is 0 Å². The average Bonchev–Trinajstić information content (AvgIpc) is 3.18. The van der Waals surface area contributed by atoms with Gasteiger partial charge in [-0.15, -0.1) is 0 Å². The fourth-order valence-corrected chi connectivity index (χ4v) is 8.08. The van der Waals surface area contributed by atoms with Gasteiger partial charge in [0, 0.05) is 39.3 Å². The summed E-state index contributed by atoms with van der Waals surface area (Å²) in [5.41, 5.74) is 16.1. The van der Waals surface area contributed by atoms with Crippen LogP contribution in [-0.4, -0.2) is 6.85 Å². The predicted octanol–water partition coefficient (Wildman–Crippen LogP) is 10.9. The van der Waals surface area contributed by atoms with Gasteiger partial charge in [0.05, 0.1) is 5.69 Å². The number of hydrogen-bond donors (Lipinski definition) is 0. The van der Waals surface area contributed by atoms with E-state index in [4.69, 9.17) is 0 Å². The zero-order valence-corrected chi connectivity index (χ0v) is 26.9. The van der Waals surface area contributed by atoms with Crippen LogP contribution in [0.5, 0.6) is 0 Å². The predicted molar refractivity (Wildman–Crippen MR) is 209 cm³/mol. The third-order valence-electron chi connectivity index (χ3n) is 10.2. The van der Waals surface area contributed by atoms with E-state index < -0.39 is 0 Å². The van der Waals surface area contributed by atoms with Gasteiger partial charge >= 0.3 is 6.85 Å². The number of hydrogen-bond acceptors (Lipinski definition) is 2. The fraction of sp³-hybridized carbons (Fsp3) is 0. The lowest BCUT2D eigenvalue weighted by molar-refractivity contribution is 1.28. The molecule has 0 saturated heterocycles. The molecule has 8 aromatic rings. The monoisotopic (exact) mass is 622 g/mol. The SMILES string of the molecule is c1ccc(-c2ccc3c(c2)-c2ccccc2B2c4ccccc4-c4cc(N(c5ccccc5)c5cccc6ccccc56)ccc4N23)cc1. The van der Waals surface area contributed by atoms with Crippen molar-refractivity contribution in [3.05, 3.63) is 188 Å². The Labute approximate surface area is 287 Å². The zero-order valence-electron chi connectivity index (χ0n) is 26.9. The lowest BCUT2D eigenvalue weighted by atomic mass is 9.43. The summed E-state index contributed by atoms with van der Waals surface area (Å²) in [4.78, 5) is 4.99. The van der Waals surface area contributed by atoms with E-state index in [-0.39, 0.29) is 6.85 Å². The molecule has 0 aromatic heterocycles. The van der Waals surface area contributed by atoms with Crippen molar-refractivity contribution in [1.29, 1.82) is 0 Å². The first-order valence-corrected chi connectivity index (χ1v) is 17.0. The average molecular weight is 623 g/mol. The molecule has 2 heterocycles. The summed E-state index contributed by atoms with van der Waals surface area (Å²) >= 11 is 0. The third-order valence-corrected chi connectivity index (χ3v) is 10.2. The van der Waals surface area contributed by atoms with Crippen molar-refractivity contribution in [3.8, 4) is 33.4 Å². The van der Waals surface area contributed by atoms with E-state index >= 15 is 0 Å². The minimum Gasteiger partial charge on any atom is -0.376 e. The molecular formula is C46H31BN2. The number of para-hydroxylation sites is 1. The molecule has 0 radical (unpaired) electrons. The normalized spacial score (nSPS) is 12.4. The molecule has 0 unspecified atom stereocenters. The highest BCUT2D eigenvalue weighted by atomic mass is 15.1. The van der Waals surface area contributed by atoms with Crippen LogP contribution in [-0.2, 0) is 0 Å². The van der Waals surface area contributed by atoms with E-state index in [1.54, 1.807) is 0 Å². The first-order chi connectivity index (χ1) is 24.3. The van der Waals surface area contributed by atoms with Crippen molar-refractivity contribution in [2.45, 2.75) is 0 Å². The Bertz CT molecular complexity index is 2520. The van der Waals surface area contributed by atoms with Crippen LogP contribution < -0.4 is 20.6 Å². The van der Waals surface area contributed by atoms with Gasteiger partial charge in [-0.1, -0.05) is 140 Å². The lowest BCUT2D eigenvalue weighted by Gasteiger charge is -2.43. The largest absolute Gasteiger partial charge is 0.376 e. The molecule has 228 valence electrons. The second-order valence-electron chi connectivity index (χ2n) is 12.9. The fourth-order valence-electron chi connectivity index (χ4n) is 8.08. The Kier molecular flexibility index (Phi) is 6.31. The highest BCUT2D eigenvalue weighted by Crippen LogP contribution is 2.49. The second kappa shape index (κ2) is 11.1. The molecule has 8 aromatic carbocycles. The van der Waals surface area contributed by atoms with Gasteiger partial charge in [0.15, 0.2) is 0 Å². The summed E-state index contributed by atoms with van der Waals surface area (Å²) < 4.78 is 0. The lowest BCUT2D eigenvalue weighted by Crippen LogP contribution is -2.59. The summed E-state index contributed by atoms with van der Waals surface area (Å²) in [5.74, 6) is 0. The Morgan fingerprint density at radius 3 is 1.73 bits per heavy atom. The highest BCUT2D eigenvalue weighted by molar-refractivity contribution is 6.92. The van der Waals surface area contributed by atoms with E-state index in [0.717, 1.165) is 17.1 Å². The molecule has 0 atom stereocenters. The van der Waals surface area contributed by atoms with Crippen LogP contribution in [0.25, 0.3) is 44.2 Å². The summed E-state index contributed by atoms with van der Waals surface area (Å²) in [6.07, 6.45) is 0. The standard InChI is InChI=1S/C46H31BN2/c1-3-14-32(15-4-1)34-26-28-45-40(30-34)38-21-9-11-23-42(38)47-43-24-12-10-22-39(43)41-31-36(27-29-46(41)49(45)47)48(35-18-5-2-6-19-35)44-25-13-17-33-16-7-8-20-37(33)44/h1-31H. The Morgan fingerprint density at radius 1 is 0.388 bits per heavy atom. The summed E-state index contributed by atoms with van der Waals surface area (Å²) in [7, 11) is 0. The molecule has 0 N–H and O–H groups in total. The molecule has 49 heavy (non-hydrogen) atoms. The molecule has 2 nitrogen and oxygen atoms in total. The van der Waals surface area contributed by atoms with E-state index in [0.29, 0.717) is 0 Å². The number of anilines is 5. The maximum Gasteiger partial charge on any atom is 0.329 e. The number of fused-ring (bicyclic) bond motifs is 12. The van der Waals surface area contributed by atoms with Crippen LogP contribution in [0.4, 0.5) is 28.4 Å². The molecule has 0 fully saturated rings. The van der Waals surface area contributed by atoms with Gasteiger partial charge in [-0.2, -0.15) is 0 Å². The Morgan fingerprint density at radius 2 is 0.980 bits per heavy atom. The molecule has 3 heteroatoms. The summed E-state index contributed by atoms with van der Waals surface area (Å²) in [6, 6.07) is 68.7. The maximum absolute atomic E-state index is 2.58. The van der Waals surface area contributed by atoms with Gasteiger partial charge in [-0.05, 0) is 87.1 Å². The van der Waals surface area contributed by atoms with Crippen LogP contribution in [0.3, 0.4) is 0 Å². The van der Waals surface area contributed by atoms with Gasteiger partial charge in [-0.3, -0.25) is 0 Å². The van der Waals surface area contributed by atoms with Crippen LogP contribution >= 0.6 is 0 Å². The van der Waals surface area contributed by atoms with E-state index in [2.05, 4.69) is 198 Å². The summed E-state index contributed by atoms with van der Waals surface area (Å²) in [5, 5.41) is 2.45. The second-order valence-corrected chi connectivity index (χ2v) is 12.9. The summed E-state index contributed by atoms with van der Waals surface area (Å²) in [6.45, 7) is 0.0733. The topological polar surface area (TPSA) is 6.48 Å². The van der Waals surface area contributed by atoms with Crippen molar-refractivity contribution >= 4 is 57.0 Å². The molecule has 0 amide bonds. The molecule has 2 aliphatic rings. The molecule has 2 aliphatic heterocycles. The van der Waals surface area contributed by atoms with Gasteiger partial charge in [0.25, 0.3) is 0 Å². The van der Waals surface area contributed by atoms with Crippen LogP contribution in [0.2, 0.25) is 0 Å². The van der Waals surface area contributed by atoms with Crippen LogP contribution in [0.1, 0.15) is 0 Å². The maximum atomic E-state index is 2.58. The van der Waals surface area contributed by atoms with Gasteiger partial charge in [0.1, 0.15) is 0 Å². The Hall–Kier alpha value is -6.32. The van der Waals surface area contributed by atoms with Crippen molar-refractivity contribution < 1.29 is 0 Å². The zero-order chi connectivity index (χ0) is 32.3. The van der Waals surface area contributed by atoms with Crippen molar-refractivity contribution in [1.82, 2.24) is 0 Å². The van der Waals surface area contributed by atoms with E-state index in [9.17, 15) is 0 Å². The molecule has 10 rings (SSSR count). The molecule has 0 spiro atoms. The smallest absolute Gasteiger partial charge is 0.329 e. The van der Waals surface area contributed by atoms with E-state index in [1.165, 1.54) is 66.5 Å². The quantitative estimate of drug-likeness (QED) is 0.180. The molecule has 0 bridgehead atoms. The number of rotatable bonds is 4. The third kappa shape index (κ3) is 4.36. The first kappa shape index (κ1) is 27.8.